The third kappa shape index (κ3) is 3.10. The molecule has 0 fully saturated rings. The molecule has 0 spiro atoms. The molecule has 1 heterocycles. The van der Waals surface area contributed by atoms with E-state index >= 15 is 0 Å². The van der Waals surface area contributed by atoms with Crippen LogP contribution in [0, 0.1) is 5.92 Å². The van der Waals surface area contributed by atoms with Crippen molar-refractivity contribution in [1.29, 1.82) is 0 Å². The van der Waals surface area contributed by atoms with Crippen LogP contribution in [0.2, 0.25) is 0 Å². The Hall–Kier alpha value is -1.36. The maximum absolute atomic E-state index is 12.1. The second-order valence-electron chi connectivity index (χ2n) is 4.90. The SMILES string of the molecule is CCc1onc(C(=O)NC(C)C(C)C)c1C(C)O. The van der Waals surface area contributed by atoms with Crippen molar-refractivity contribution in [2.75, 3.05) is 0 Å². The fourth-order valence-corrected chi connectivity index (χ4v) is 1.62. The molecule has 2 N–H and O–H groups in total. The van der Waals surface area contributed by atoms with Gasteiger partial charge in [-0.3, -0.25) is 4.79 Å². The Morgan fingerprint density at radius 1 is 1.39 bits per heavy atom. The highest BCUT2D eigenvalue weighted by molar-refractivity contribution is 5.94. The van der Waals surface area contributed by atoms with Crippen molar-refractivity contribution >= 4 is 5.91 Å². The number of aliphatic hydroxyl groups is 1. The van der Waals surface area contributed by atoms with Crippen molar-refractivity contribution in [1.82, 2.24) is 10.5 Å². The monoisotopic (exact) mass is 254 g/mol. The summed E-state index contributed by atoms with van der Waals surface area (Å²) in [5.74, 6) is 0.601. The molecule has 0 saturated heterocycles. The van der Waals surface area contributed by atoms with E-state index < -0.39 is 6.10 Å². The average molecular weight is 254 g/mol. The topological polar surface area (TPSA) is 75.4 Å². The Labute approximate surface area is 108 Å². The van der Waals surface area contributed by atoms with Gasteiger partial charge in [0.25, 0.3) is 5.91 Å². The van der Waals surface area contributed by atoms with Crippen LogP contribution in [0.5, 0.6) is 0 Å². The number of carbonyl (C=O) groups excluding carboxylic acids is 1. The summed E-state index contributed by atoms with van der Waals surface area (Å²) in [6.07, 6.45) is -0.165. The first-order chi connectivity index (χ1) is 8.38. The van der Waals surface area contributed by atoms with Crippen LogP contribution in [0.4, 0.5) is 0 Å². The van der Waals surface area contributed by atoms with E-state index in [1.54, 1.807) is 6.92 Å². The molecule has 1 rings (SSSR count). The zero-order valence-electron chi connectivity index (χ0n) is 11.7. The third-order valence-corrected chi connectivity index (χ3v) is 3.12. The molecule has 1 amide bonds. The predicted octanol–water partition coefficient (Wildman–Crippen LogP) is 2.06. The van der Waals surface area contributed by atoms with E-state index in [0.717, 1.165) is 0 Å². The Bertz CT molecular complexity index is 410. The molecule has 0 aliphatic heterocycles. The van der Waals surface area contributed by atoms with E-state index in [2.05, 4.69) is 10.5 Å². The molecule has 0 aliphatic carbocycles. The van der Waals surface area contributed by atoms with Gasteiger partial charge in [-0.05, 0) is 19.8 Å². The number of carbonyl (C=O) groups is 1. The maximum Gasteiger partial charge on any atom is 0.274 e. The number of aryl methyl sites for hydroxylation is 1. The highest BCUT2D eigenvalue weighted by Crippen LogP contribution is 2.22. The maximum atomic E-state index is 12.1. The number of nitrogens with zero attached hydrogens (tertiary/aromatic N) is 1. The molecule has 0 radical (unpaired) electrons. The molecule has 1 aromatic rings. The first kappa shape index (κ1) is 14.7. The molecular formula is C13H22N2O3. The normalized spacial score (nSPS) is 14.6. The van der Waals surface area contributed by atoms with Crippen molar-refractivity contribution in [2.24, 2.45) is 5.92 Å². The van der Waals surface area contributed by atoms with E-state index in [1.807, 2.05) is 27.7 Å². The lowest BCUT2D eigenvalue weighted by molar-refractivity contribution is 0.0915. The summed E-state index contributed by atoms with van der Waals surface area (Å²) < 4.78 is 5.10. The van der Waals surface area contributed by atoms with Gasteiger partial charge in [-0.15, -0.1) is 0 Å². The summed E-state index contributed by atoms with van der Waals surface area (Å²) in [5.41, 5.74) is 0.681. The summed E-state index contributed by atoms with van der Waals surface area (Å²) in [5, 5.41) is 16.3. The minimum absolute atomic E-state index is 0.0427. The highest BCUT2D eigenvalue weighted by atomic mass is 16.5. The molecule has 0 saturated carbocycles. The zero-order valence-corrected chi connectivity index (χ0v) is 11.7. The average Bonchev–Trinajstić information content (AvgIpc) is 2.72. The first-order valence-electron chi connectivity index (χ1n) is 6.35. The number of rotatable bonds is 5. The summed E-state index contributed by atoms with van der Waals surface area (Å²) >= 11 is 0. The van der Waals surface area contributed by atoms with Crippen molar-refractivity contribution in [2.45, 2.75) is 53.2 Å². The first-order valence-corrected chi connectivity index (χ1v) is 6.35. The fourth-order valence-electron chi connectivity index (χ4n) is 1.62. The predicted molar refractivity (Wildman–Crippen MR) is 68.3 cm³/mol. The van der Waals surface area contributed by atoms with Gasteiger partial charge in [0.2, 0.25) is 0 Å². The Balaban J connectivity index is 2.96. The van der Waals surface area contributed by atoms with Gasteiger partial charge >= 0.3 is 0 Å². The van der Waals surface area contributed by atoms with Crippen molar-refractivity contribution in [3.63, 3.8) is 0 Å². The molecule has 5 heteroatoms. The van der Waals surface area contributed by atoms with Gasteiger partial charge in [-0.25, -0.2) is 0 Å². The molecule has 18 heavy (non-hydrogen) atoms. The van der Waals surface area contributed by atoms with Gasteiger partial charge in [0, 0.05) is 12.5 Å². The summed E-state index contributed by atoms with van der Waals surface area (Å²) in [6.45, 7) is 9.49. The lowest BCUT2D eigenvalue weighted by Gasteiger charge is -2.17. The van der Waals surface area contributed by atoms with Gasteiger partial charge in [-0.1, -0.05) is 25.9 Å². The van der Waals surface area contributed by atoms with E-state index in [1.165, 1.54) is 0 Å². The molecule has 0 aliphatic rings. The van der Waals surface area contributed by atoms with E-state index in [4.69, 9.17) is 4.52 Å². The summed E-state index contributed by atoms with van der Waals surface area (Å²) in [6, 6.07) is 0.0427. The second-order valence-corrected chi connectivity index (χ2v) is 4.90. The number of hydrogen-bond acceptors (Lipinski definition) is 4. The number of nitrogens with one attached hydrogen (secondary N) is 1. The van der Waals surface area contributed by atoms with Crippen LogP contribution in [0.3, 0.4) is 0 Å². The van der Waals surface area contributed by atoms with E-state index in [0.29, 0.717) is 23.7 Å². The quantitative estimate of drug-likeness (QED) is 0.843. The lowest BCUT2D eigenvalue weighted by Crippen LogP contribution is -2.36. The van der Waals surface area contributed by atoms with Crippen LogP contribution in [0.1, 0.15) is 62.5 Å². The fraction of sp³-hybridized carbons (Fsp3) is 0.692. The summed E-state index contributed by atoms with van der Waals surface area (Å²) in [7, 11) is 0. The van der Waals surface area contributed by atoms with Gasteiger partial charge in [0.1, 0.15) is 5.76 Å². The van der Waals surface area contributed by atoms with Gasteiger partial charge in [-0.2, -0.15) is 0 Å². The standard InChI is InChI=1S/C13H22N2O3/c1-6-10-11(9(5)16)12(15-18-10)13(17)14-8(4)7(2)3/h7-9,16H,6H2,1-5H3,(H,14,17). The molecule has 2 unspecified atom stereocenters. The smallest absolute Gasteiger partial charge is 0.274 e. The number of hydrogen-bond donors (Lipinski definition) is 2. The molecule has 2 atom stereocenters. The van der Waals surface area contributed by atoms with Crippen LogP contribution in [-0.4, -0.2) is 22.2 Å². The minimum atomic E-state index is -0.763. The Morgan fingerprint density at radius 2 is 2.00 bits per heavy atom. The van der Waals surface area contributed by atoms with Crippen LogP contribution in [-0.2, 0) is 6.42 Å². The zero-order chi connectivity index (χ0) is 13.9. The van der Waals surface area contributed by atoms with Crippen molar-refractivity contribution in [3.05, 3.63) is 17.0 Å². The number of amides is 1. The van der Waals surface area contributed by atoms with Crippen LogP contribution < -0.4 is 5.32 Å². The molecular weight excluding hydrogens is 232 g/mol. The van der Waals surface area contributed by atoms with Gasteiger partial charge in [0.15, 0.2) is 5.69 Å². The molecule has 1 aromatic heterocycles. The van der Waals surface area contributed by atoms with Gasteiger partial charge in [0.05, 0.1) is 11.7 Å². The van der Waals surface area contributed by atoms with Crippen LogP contribution in [0.25, 0.3) is 0 Å². The Morgan fingerprint density at radius 3 is 2.44 bits per heavy atom. The largest absolute Gasteiger partial charge is 0.388 e. The molecule has 102 valence electrons. The summed E-state index contributed by atoms with van der Waals surface area (Å²) in [4.78, 5) is 12.1. The molecule has 0 bridgehead atoms. The highest BCUT2D eigenvalue weighted by Gasteiger charge is 2.25. The van der Waals surface area contributed by atoms with E-state index in [9.17, 15) is 9.90 Å². The van der Waals surface area contributed by atoms with Crippen LogP contribution in [0.15, 0.2) is 4.52 Å². The van der Waals surface area contributed by atoms with Crippen molar-refractivity contribution < 1.29 is 14.4 Å². The minimum Gasteiger partial charge on any atom is -0.388 e. The lowest BCUT2D eigenvalue weighted by atomic mass is 10.0. The van der Waals surface area contributed by atoms with E-state index in [-0.39, 0.29) is 17.6 Å². The Kier molecular flexibility index (Phi) is 4.90. The molecule has 0 aromatic carbocycles. The third-order valence-electron chi connectivity index (χ3n) is 3.12. The van der Waals surface area contributed by atoms with Gasteiger partial charge < -0.3 is 14.9 Å². The number of aromatic nitrogens is 1. The number of aliphatic hydroxyl groups excluding tert-OH is 1. The van der Waals surface area contributed by atoms with Crippen molar-refractivity contribution in [3.8, 4) is 0 Å². The molecule has 5 nitrogen and oxygen atoms in total. The van der Waals surface area contributed by atoms with Crippen LogP contribution >= 0.6 is 0 Å². The second kappa shape index (κ2) is 6.00.